The van der Waals surface area contributed by atoms with Crippen LogP contribution in [-0.4, -0.2) is 36.6 Å². The number of hydrogen-bond donors (Lipinski definition) is 2. The van der Waals surface area contributed by atoms with Crippen LogP contribution in [-0.2, 0) is 4.74 Å². The van der Waals surface area contributed by atoms with Gasteiger partial charge in [0.1, 0.15) is 18.0 Å². The molecule has 168 valence electrons. The molecule has 8 nitrogen and oxygen atoms in total. The predicted octanol–water partition coefficient (Wildman–Crippen LogP) is 3.97. The Balaban J connectivity index is 1.65. The standard InChI is InChI=1S/C23H23FN2O6/c1-23(2,3)32-22(28)25-8-9-29-20-15-6-5-14(24)11-16(15)21(27)26-19(20)13-4-7-17-18(10-13)31-12-30-17/h4-7,10-11H,8-9,12H2,1-3H3,(H,25,28)(H,26,27). The van der Waals surface area contributed by atoms with Crippen molar-refractivity contribution in [2.24, 2.45) is 0 Å². The second-order valence-electron chi connectivity index (χ2n) is 8.19. The molecule has 1 amide bonds. The summed E-state index contributed by atoms with van der Waals surface area (Å²) in [7, 11) is 0. The molecule has 1 aliphatic rings. The quantitative estimate of drug-likeness (QED) is 0.581. The summed E-state index contributed by atoms with van der Waals surface area (Å²) in [5, 5.41) is 3.22. The van der Waals surface area contributed by atoms with E-state index in [1.807, 2.05) is 0 Å². The number of H-pyrrole nitrogens is 1. The molecule has 4 rings (SSSR count). The number of ether oxygens (including phenoxy) is 4. The molecule has 0 saturated carbocycles. The average Bonchev–Trinajstić information content (AvgIpc) is 3.19. The third kappa shape index (κ3) is 4.61. The van der Waals surface area contributed by atoms with E-state index in [0.29, 0.717) is 33.9 Å². The summed E-state index contributed by atoms with van der Waals surface area (Å²) in [5.41, 5.74) is -0.0276. The van der Waals surface area contributed by atoms with Gasteiger partial charge in [-0.15, -0.1) is 0 Å². The Morgan fingerprint density at radius 1 is 1.12 bits per heavy atom. The molecule has 2 N–H and O–H groups in total. The maximum absolute atomic E-state index is 13.8. The molecule has 0 unspecified atom stereocenters. The molecular formula is C23H23FN2O6. The van der Waals surface area contributed by atoms with Crippen LogP contribution in [0.25, 0.3) is 22.0 Å². The van der Waals surface area contributed by atoms with E-state index in [1.165, 1.54) is 12.1 Å². The van der Waals surface area contributed by atoms with Gasteiger partial charge in [-0.05, 0) is 57.2 Å². The van der Waals surface area contributed by atoms with E-state index >= 15 is 0 Å². The van der Waals surface area contributed by atoms with E-state index in [1.54, 1.807) is 39.0 Å². The number of alkyl carbamates (subject to hydrolysis) is 1. The summed E-state index contributed by atoms with van der Waals surface area (Å²) in [4.78, 5) is 27.3. The molecule has 0 radical (unpaired) electrons. The van der Waals surface area contributed by atoms with Crippen molar-refractivity contribution in [2.45, 2.75) is 26.4 Å². The number of carbonyl (C=O) groups excluding carboxylic acids is 1. The fourth-order valence-electron chi connectivity index (χ4n) is 3.30. The number of hydrogen-bond acceptors (Lipinski definition) is 6. The van der Waals surface area contributed by atoms with Gasteiger partial charge in [0.05, 0.1) is 17.6 Å². The first-order valence-electron chi connectivity index (χ1n) is 10.1. The van der Waals surface area contributed by atoms with Gasteiger partial charge in [0.25, 0.3) is 5.56 Å². The minimum absolute atomic E-state index is 0.0926. The normalized spacial score (nSPS) is 12.6. The summed E-state index contributed by atoms with van der Waals surface area (Å²) < 4.78 is 35.7. The van der Waals surface area contributed by atoms with Crippen LogP contribution >= 0.6 is 0 Å². The number of nitrogens with one attached hydrogen (secondary N) is 2. The highest BCUT2D eigenvalue weighted by atomic mass is 19.1. The van der Waals surface area contributed by atoms with Gasteiger partial charge < -0.3 is 29.2 Å². The van der Waals surface area contributed by atoms with Crippen molar-refractivity contribution in [3.8, 4) is 28.5 Å². The molecule has 0 spiro atoms. The zero-order valence-electron chi connectivity index (χ0n) is 17.9. The zero-order chi connectivity index (χ0) is 22.9. The molecule has 2 heterocycles. The summed E-state index contributed by atoms with van der Waals surface area (Å²) in [6.45, 7) is 5.68. The summed E-state index contributed by atoms with van der Waals surface area (Å²) in [6, 6.07) is 9.14. The summed E-state index contributed by atoms with van der Waals surface area (Å²) in [6.07, 6.45) is -0.564. The predicted molar refractivity (Wildman–Crippen MR) is 116 cm³/mol. The highest BCUT2D eigenvalue weighted by molar-refractivity contribution is 5.93. The molecular weight excluding hydrogens is 419 g/mol. The minimum atomic E-state index is -0.614. The van der Waals surface area contributed by atoms with Crippen LogP contribution in [0.5, 0.6) is 17.2 Å². The van der Waals surface area contributed by atoms with E-state index < -0.39 is 23.1 Å². The molecule has 3 aromatic rings. The molecule has 0 atom stereocenters. The van der Waals surface area contributed by atoms with E-state index in [-0.39, 0.29) is 25.3 Å². The molecule has 1 aliphatic heterocycles. The zero-order valence-corrected chi connectivity index (χ0v) is 17.9. The van der Waals surface area contributed by atoms with E-state index in [2.05, 4.69) is 10.3 Å². The Morgan fingerprint density at radius 2 is 1.91 bits per heavy atom. The first kappa shape index (κ1) is 21.5. The molecule has 2 aromatic carbocycles. The van der Waals surface area contributed by atoms with Crippen molar-refractivity contribution in [3.63, 3.8) is 0 Å². The smallest absolute Gasteiger partial charge is 0.407 e. The average molecular weight is 442 g/mol. The molecule has 0 fully saturated rings. The number of aromatic nitrogens is 1. The lowest BCUT2D eigenvalue weighted by Crippen LogP contribution is -2.34. The number of carbonyl (C=O) groups is 1. The fourth-order valence-corrected chi connectivity index (χ4v) is 3.30. The number of benzene rings is 2. The topological polar surface area (TPSA) is 98.9 Å². The van der Waals surface area contributed by atoms with Crippen LogP contribution in [0.3, 0.4) is 0 Å². The van der Waals surface area contributed by atoms with Crippen LogP contribution in [0.4, 0.5) is 9.18 Å². The number of rotatable bonds is 5. The first-order valence-corrected chi connectivity index (χ1v) is 10.1. The Bertz CT molecular complexity index is 1230. The van der Waals surface area contributed by atoms with Crippen LogP contribution in [0.15, 0.2) is 41.2 Å². The number of amides is 1. The van der Waals surface area contributed by atoms with E-state index in [4.69, 9.17) is 18.9 Å². The van der Waals surface area contributed by atoms with Gasteiger partial charge in [-0.25, -0.2) is 9.18 Å². The van der Waals surface area contributed by atoms with Gasteiger partial charge in [0.2, 0.25) is 6.79 Å². The Labute approximate surface area is 183 Å². The van der Waals surface area contributed by atoms with E-state index in [9.17, 15) is 14.0 Å². The number of halogens is 1. The lowest BCUT2D eigenvalue weighted by atomic mass is 10.0. The molecule has 0 bridgehead atoms. The third-order valence-electron chi connectivity index (χ3n) is 4.61. The maximum atomic E-state index is 13.8. The van der Waals surface area contributed by atoms with Gasteiger partial charge in [0, 0.05) is 10.9 Å². The van der Waals surface area contributed by atoms with Crippen molar-refractivity contribution in [3.05, 3.63) is 52.6 Å². The monoisotopic (exact) mass is 442 g/mol. The lowest BCUT2D eigenvalue weighted by Gasteiger charge is -2.20. The molecule has 0 saturated heterocycles. The van der Waals surface area contributed by atoms with Crippen molar-refractivity contribution in [1.82, 2.24) is 10.3 Å². The van der Waals surface area contributed by atoms with Crippen molar-refractivity contribution >= 4 is 16.9 Å². The third-order valence-corrected chi connectivity index (χ3v) is 4.61. The number of fused-ring (bicyclic) bond motifs is 2. The Morgan fingerprint density at radius 3 is 2.69 bits per heavy atom. The van der Waals surface area contributed by atoms with Crippen LogP contribution in [0, 0.1) is 5.82 Å². The van der Waals surface area contributed by atoms with Gasteiger partial charge in [-0.3, -0.25) is 4.79 Å². The van der Waals surface area contributed by atoms with Crippen molar-refractivity contribution in [1.29, 1.82) is 0 Å². The highest BCUT2D eigenvalue weighted by Gasteiger charge is 2.20. The van der Waals surface area contributed by atoms with Gasteiger partial charge >= 0.3 is 6.09 Å². The van der Waals surface area contributed by atoms with Gasteiger partial charge in [0.15, 0.2) is 17.2 Å². The Kier molecular flexibility index (Phi) is 5.65. The maximum Gasteiger partial charge on any atom is 0.407 e. The molecule has 1 aromatic heterocycles. The van der Waals surface area contributed by atoms with Crippen LogP contribution in [0.2, 0.25) is 0 Å². The number of aromatic amines is 1. The van der Waals surface area contributed by atoms with Gasteiger partial charge in [-0.1, -0.05) is 0 Å². The second-order valence-corrected chi connectivity index (χ2v) is 8.19. The van der Waals surface area contributed by atoms with Crippen molar-refractivity contribution < 1.29 is 28.1 Å². The lowest BCUT2D eigenvalue weighted by molar-refractivity contribution is 0.0520. The fraction of sp³-hybridized carbons (Fsp3) is 0.304. The summed E-state index contributed by atoms with van der Waals surface area (Å²) in [5.74, 6) is 0.962. The second kappa shape index (κ2) is 8.41. The largest absolute Gasteiger partial charge is 0.489 e. The molecule has 32 heavy (non-hydrogen) atoms. The molecule has 9 heteroatoms. The van der Waals surface area contributed by atoms with Gasteiger partial charge in [-0.2, -0.15) is 0 Å². The molecule has 0 aliphatic carbocycles. The van der Waals surface area contributed by atoms with E-state index in [0.717, 1.165) is 6.07 Å². The SMILES string of the molecule is CC(C)(C)OC(=O)NCCOc1c(-c2ccc3c(c2)OCO3)[nH]c(=O)c2cc(F)ccc12. The minimum Gasteiger partial charge on any atom is -0.489 e. The highest BCUT2D eigenvalue weighted by Crippen LogP contribution is 2.39. The van der Waals surface area contributed by atoms with Crippen molar-refractivity contribution in [2.75, 3.05) is 19.9 Å². The first-order chi connectivity index (χ1) is 15.2. The van der Waals surface area contributed by atoms with Crippen LogP contribution < -0.4 is 25.1 Å². The summed E-state index contributed by atoms with van der Waals surface area (Å²) >= 11 is 0. The van der Waals surface area contributed by atoms with Crippen LogP contribution in [0.1, 0.15) is 20.8 Å². The Hall–Kier alpha value is -3.75. The number of pyridine rings is 1.